The van der Waals surface area contributed by atoms with E-state index < -0.39 is 24.0 Å². The van der Waals surface area contributed by atoms with Crippen LogP contribution in [0.1, 0.15) is 13.8 Å². The number of methoxy groups -OCH3 is 1. The highest BCUT2D eigenvalue weighted by molar-refractivity contribution is 6.35. The monoisotopic (exact) mass is 419 g/mol. The number of hydrogen-bond acceptors (Lipinski definition) is 7. The summed E-state index contributed by atoms with van der Waals surface area (Å²) >= 11 is 0. The molecule has 0 heterocycles. The van der Waals surface area contributed by atoms with Gasteiger partial charge < -0.3 is 18.9 Å². The lowest BCUT2D eigenvalue weighted by Gasteiger charge is -2.25. The third-order valence-electron chi connectivity index (χ3n) is 3.85. The maximum atomic E-state index is 12.9. The van der Waals surface area contributed by atoms with Crippen molar-refractivity contribution in [2.75, 3.05) is 20.3 Å². The van der Waals surface area contributed by atoms with E-state index in [-0.39, 0.29) is 19.0 Å². The van der Waals surface area contributed by atoms with Gasteiger partial charge in [-0.3, -0.25) is 4.79 Å². The summed E-state index contributed by atoms with van der Waals surface area (Å²) in [4.78, 5) is 36.4. The predicted molar refractivity (Wildman–Crippen MR) is 104 cm³/mol. The minimum atomic E-state index is -1.18. The summed E-state index contributed by atoms with van der Waals surface area (Å²) in [5.41, 5.74) is 0. The van der Waals surface area contributed by atoms with Gasteiger partial charge in [-0.05, 0) is 62.4 Å². The minimum absolute atomic E-state index is 0.0346. The normalized spacial score (nSPS) is 11.2. The van der Waals surface area contributed by atoms with Crippen LogP contribution < -0.4 is 9.47 Å². The quantitative estimate of drug-likeness (QED) is 0.501. The number of hydrogen-bond donors (Lipinski definition) is 0. The SMILES string of the molecule is CCOC(=O)N(C(=O)C(=O)OC)C(C)COc1ccc(Oc2ccc(F)cc2)cc1. The Morgan fingerprint density at radius 2 is 1.50 bits per heavy atom. The van der Waals surface area contributed by atoms with Crippen molar-refractivity contribution >= 4 is 18.0 Å². The molecule has 1 atom stereocenters. The topological polar surface area (TPSA) is 91.4 Å². The number of esters is 1. The van der Waals surface area contributed by atoms with Gasteiger partial charge in [0, 0.05) is 0 Å². The van der Waals surface area contributed by atoms with Crippen LogP contribution in [0.3, 0.4) is 0 Å². The average Bonchev–Trinajstić information content (AvgIpc) is 2.74. The molecular weight excluding hydrogens is 397 g/mol. The Morgan fingerprint density at radius 1 is 0.967 bits per heavy atom. The van der Waals surface area contributed by atoms with Gasteiger partial charge in [0.15, 0.2) is 0 Å². The number of rotatable bonds is 7. The number of benzene rings is 2. The standard InChI is InChI=1S/C21H22FNO7/c1-4-28-21(26)23(19(24)20(25)27-3)14(2)13-29-16-9-11-18(12-10-16)30-17-7-5-15(22)6-8-17/h5-12,14H,4,13H2,1-3H3. The molecule has 0 aliphatic rings. The Hall–Kier alpha value is -3.62. The highest BCUT2D eigenvalue weighted by Crippen LogP contribution is 2.24. The van der Waals surface area contributed by atoms with E-state index in [9.17, 15) is 18.8 Å². The summed E-state index contributed by atoms with van der Waals surface area (Å²) in [5.74, 6) is -1.25. The Balaban J connectivity index is 1.99. The summed E-state index contributed by atoms with van der Waals surface area (Å²) in [6.45, 7) is 3.06. The van der Waals surface area contributed by atoms with Gasteiger partial charge in [-0.15, -0.1) is 0 Å². The van der Waals surface area contributed by atoms with Crippen LogP contribution in [0.15, 0.2) is 48.5 Å². The van der Waals surface area contributed by atoms with Crippen molar-refractivity contribution in [3.63, 3.8) is 0 Å². The van der Waals surface area contributed by atoms with E-state index in [2.05, 4.69) is 4.74 Å². The Bertz CT molecular complexity index is 868. The number of ether oxygens (including phenoxy) is 4. The molecule has 0 saturated heterocycles. The zero-order chi connectivity index (χ0) is 22.1. The van der Waals surface area contributed by atoms with Crippen LogP contribution in [0.2, 0.25) is 0 Å². The molecule has 2 aromatic rings. The first-order chi connectivity index (χ1) is 14.3. The molecule has 0 saturated carbocycles. The molecule has 2 aromatic carbocycles. The molecule has 0 bridgehead atoms. The minimum Gasteiger partial charge on any atom is -0.491 e. The molecule has 0 aliphatic carbocycles. The zero-order valence-corrected chi connectivity index (χ0v) is 16.8. The summed E-state index contributed by atoms with van der Waals surface area (Å²) < 4.78 is 33.4. The van der Waals surface area contributed by atoms with Gasteiger partial charge >= 0.3 is 18.0 Å². The molecule has 160 valence electrons. The van der Waals surface area contributed by atoms with E-state index in [1.807, 2.05) is 0 Å². The van der Waals surface area contributed by atoms with Crippen LogP contribution in [0.4, 0.5) is 9.18 Å². The van der Waals surface area contributed by atoms with Gasteiger partial charge in [-0.2, -0.15) is 0 Å². The second-order valence-corrected chi connectivity index (χ2v) is 6.05. The fourth-order valence-electron chi connectivity index (χ4n) is 2.38. The molecule has 0 N–H and O–H groups in total. The summed E-state index contributed by atoms with van der Waals surface area (Å²) in [6, 6.07) is 11.3. The van der Waals surface area contributed by atoms with Gasteiger partial charge in [0.1, 0.15) is 29.7 Å². The second kappa shape index (κ2) is 10.8. The number of imide groups is 1. The molecule has 8 nitrogen and oxygen atoms in total. The number of amides is 2. The molecule has 30 heavy (non-hydrogen) atoms. The van der Waals surface area contributed by atoms with Crippen LogP contribution >= 0.6 is 0 Å². The zero-order valence-electron chi connectivity index (χ0n) is 16.8. The van der Waals surface area contributed by atoms with Crippen LogP contribution in [-0.4, -0.2) is 49.2 Å². The number of carbonyl (C=O) groups is 3. The Labute approximate surface area is 173 Å². The van der Waals surface area contributed by atoms with Crippen LogP contribution in [0, 0.1) is 5.82 Å². The van der Waals surface area contributed by atoms with Crippen molar-refractivity contribution in [2.24, 2.45) is 0 Å². The fourth-order valence-corrected chi connectivity index (χ4v) is 2.38. The molecule has 0 radical (unpaired) electrons. The maximum Gasteiger partial charge on any atom is 0.417 e. The van der Waals surface area contributed by atoms with Gasteiger partial charge in [-0.1, -0.05) is 0 Å². The van der Waals surface area contributed by atoms with Crippen molar-refractivity contribution < 1.29 is 37.7 Å². The smallest absolute Gasteiger partial charge is 0.417 e. The first-order valence-corrected chi connectivity index (χ1v) is 9.10. The van der Waals surface area contributed by atoms with Crippen molar-refractivity contribution in [3.05, 3.63) is 54.3 Å². The maximum absolute atomic E-state index is 12.9. The molecule has 2 amide bonds. The third-order valence-corrected chi connectivity index (χ3v) is 3.85. The van der Waals surface area contributed by atoms with Crippen molar-refractivity contribution in [1.29, 1.82) is 0 Å². The van der Waals surface area contributed by atoms with Crippen molar-refractivity contribution in [3.8, 4) is 17.2 Å². The summed E-state index contributed by atoms with van der Waals surface area (Å²) in [5, 5.41) is 0. The highest BCUT2D eigenvalue weighted by atomic mass is 19.1. The van der Waals surface area contributed by atoms with Gasteiger partial charge in [0.25, 0.3) is 0 Å². The molecule has 0 spiro atoms. The molecule has 2 rings (SSSR count). The molecule has 0 aliphatic heterocycles. The van der Waals surface area contributed by atoms with E-state index in [0.29, 0.717) is 22.1 Å². The third kappa shape index (κ3) is 6.20. The van der Waals surface area contributed by atoms with Crippen molar-refractivity contribution in [1.82, 2.24) is 4.90 Å². The molecule has 9 heteroatoms. The summed E-state index contributed by atoms with van der Waals surface area (Å²) in [6.07, 6.45) is -0.966. The van der Waals surface area contributed by atoms with E-state index in [1.54, 1.807) is 31.2 Å². The largest absolute Gasteiger partial charge is 0.491 e. The number of halogens is 1. The van der Waals surface area contributed by atoms with Crippen LogP contribution in [0.25, 0.3) is 0 Å². The first kappa shape index (κ1) is 22.7. The molecule has 0 aromatic heterocycles. The molecule has 0 fully saturated rings. The number of carbonyl (C=O) groups excluding carboxylic acids is 3. The lowest BCUT2D eigenvalue weighted by Crippen LogP contribution is -2.49. The lowest BCUT2D eigenvalue weighted by atomic mass is 10.3. The van der Waals surface area contributed by atoms with Crippen LogP contribution in [0.5, 0.6) is 17.2 Å². The van der Waals surface area contributed by atoms with E-state index >= 15 is 0 Å². The second-order valence-electron chi connectivity index (χ2n) is 6.05. The molecular formula is C21H22FNO7. The lowest BCUT2D eigenvalue weighted by molar-refractivity contribution is -0.158. The van der Waals surface area contributed by atoms with E-state index in [4.69, 9.17) is 14.2 Å². The van der Waals surface area contributed by atoms with Crippen LogP contribution in [-0.2, 0) is 19.1 Å². The Morgan fingerprint density at radius 3 is 2.03 bits per heavy atom. The van der Waals surface area contributed by atoms with Crippen molar-refractivity contribution in [2.45, 2.75) is 19.9 Å². The van der Waals surface area contributed by atoms with E-state index in [1.165, 1.54) is 31.2 Å². The fraction of sp³-hybridized carbons (Fsp3) is 0.286. The summed E-state index contributed by atoms with van der Waals surface area (Å²) in [7, 11) is 1.04. The average molecular weight is 419 g/mol. The van der Waals surface area contributed by atoms with Gasteiger partial charge in [0.05, 0.1) is 19.8 Å². The van der Waals surface area contributed by atoms with Gasteiger partial charge in [-0.25, -0.2) is 18.9 Å². The molecule has 1 unspecified atom stereocenters. The highest BCUT2D eigenvalue weighted by Gasteiger charge is 2.34. The van der Waals surface area contributed by atoms with Gasteiger partial charge in [0.2, 0.25) is 0 Å². The number of nitrogens with zero attached hydrogens (tertiary/aromatic N) is 1. The first-order valence-electron chi connectivity index (χ1n) is 9.10. The van der Waals surface area contributed by atoms with E-state index in [0.717, 1.165) is 7.11 Å². The predicted octanol–water partition coefficient (Wildman–Crippen LogP) is 3.54. The Kier molecular flexibility index (Phi) is 8.16.